The third-order valence-electron chi connectivity index (χ3n) is 3.84. The SMILES string of the molecule is Cc1cccc(NC(N)=NCCc2ccc(-c3csc(C)n3)cc2)c1. The zero-order valence-corrected chi connectivity index (χ0v) is 15.3. The van der Waals surface area contributed by atoms with Crippen LogP contribution in [0.25, 0.3) is 11.3 Å². The van der Waals surface area contributed by atoms with E-state index in [9.17, 15) is 0 Å². The van der Waals surface area contributed by atoms with Gasteiger partial charge in [0.05, 0.1) is 10.7 Å². The number of anilines is 1. The lowest BCUT2D eigenvalue weighted by Crippen LogP contribution is -2.23. The molecule has 0 amide bonds. The highest BCUT2D eigenvalue weighted by Crippen LogP contribution is 2.21. The van der Waals surface area contributed by atoms with Crippen LogP contribution < -0.4 is 11.1 Å². The molecule has 0 unspecified atom stereocenters. The van der Waals surface area contributed by atoms with Gasteiger partial charge in [-0.3, -0.25) is 4.99 Å². The number of nitrogens with zero attached hydrogens (tertiary/aromatic N) is 2. The van der Waals surface area contributed by atoms with E-state index in [2.05, 4.69) is 57.9 Å². The summed E-state index contributed by atoms with van der Waals surface area (Å²) in [6, 6.07) is 16.6. The zero-order chi connectivity index (χ0) is 17.6. The van der Waals surface area contributed by atoms with Crippen LogP contribution in [0.5, 0.6) is 0 Å². The van der Waals surface area contributed by atoms with E-state index < -0.39 is 0 Å². The molecule has 0 aliphatic carbocycles. The number of thiazole rings is 1. The molecule has 0 bridgehead atoms. The normalized spacial score (nSPS) is 11.5. The van der Waals surface area contributed by atoms with Crippen molar-refractivity contribution < 1.29 is 0 Å². The molecule has 4 nitrogen and oxygen atoms in total. The third-order valence-corrected chi connectivity index (χ3v) is 4.62. The van der Waals surface area contributed by atoms with Crippen molar-refractivity contribution in [2.45, 2.75) is 20.3 Å². The fourth-order valence-electron chi connectivity index (χ4n) is 2.55. The van der Waals surface area contributed by atoms with Crippen molar-refractivity contribution in [3.63, 3.8) is 0 Å². The number of aromatic nitrogens is 1. The van der Waals surface area contributed by atoms with Crippen LogP contribution in [-0.2, 0) is 6.42 Å². The van der Waals surface area contributed by atoms with Crippen molar-refractivity contribution in [2.24, 2.45) is 10.7 Å². The molecule has 0 radical (unpaired) electrons. The van der Waals surface area contributed by atoms with E-state index in [1.807, 2.05) is 25.1 Å². The average molecular weight is 350 g/mol. The van der Waals surface area contributed by atoms with Gasteiger partial charge in [-0.25, -0.2) is 4.98 Å². The standard InChI is InChI=1S/C20H22N4S/c1-14-4-3-5-18(12-14)24-20(21)22-11-10-16-6-8-17(9-7-16)19-13-25-15(2)23-19/h3-9,12-13H,10-11H2,1-2H3,(H3,21,22,24). The fourth-order valence-corrected chi connectivity index (χ4v) is 3.18. The lowest BCUT2D eigenvalue weighted by Gasteiger charge is -2.06. The Morgan fingerprint density at radius 2 is 1.96 bits per heavy atom. The molecule has 0 saturated heterocycles. The van der Waals surface area contributed by atoms with Crippen LogP contribution in [0, 0.1) is 13.8 Å². The summed E-state index contributed by atoms with van der Waals surface area (Å²) in [7, 11) is 0. The molecule has 2 aromatic carbocycles. The molecular formula is C20H22N4S. The molecule has 1 heterocycles. The Kier molecular flexibility index (Phi) is 5.46. The van der Waals surface area contributed by atoms with Crippen LogP contribution in [0.1, 0.15) is 16.1 Å². The van der Waals surface area contributed by atoms with E-state index in [-0.39, 0.29) is 0 Å². The third kappa shape index (κ3) is 4.90. The van der Waals surface area contributed by atoms with Gasteiger partial charge in [-0.2, -0.15) is 0 Å². The molecule has 0 aliphatic rings. The summed E-state index contributed by atoms with van der Waals surface area (Å²) in [5, 5.41) is 6.30. The first-order valence-corrected chi connectivity index (χ1v) is 9.13. The van der Waals surface area contributed by atoms with Gasteiger partial charge in [0.1, 0.15) is 0 Å². The Morgan fingerprint density at radius 1 is 1.16 bits per heavy atom. The number of benzene rings is 2. The van der Waals surface area contributed by atoms with Crippen molar-refractivity contribution in [1.82, 2.24) is 4.98 Å². The molecule has 3 N–H and O–H groups in total. The summed E-state index contributed by atoms with van der Waals surface area (Å²) in [6.07, 6.45) is 0.854. The zero-order valence-electron chi connectivity index (χ0n) is 14.5. The number of guanidine groups is 1. The van der Waals surface area contributed by atoms with Gasteiger partial charge in [-0.15, -0.1) is 11.3 Å². The van der Waals surface area contributed by atoms with E-state index >= 15 is 0 Å². The molecule has 0 fully saturated rings. The Balaban J connectivity index is 1.54. The van der Waals surface area contributed by atoms with Gasteiger partial charge < -0.3 is 11.1 Å². The number of aliphatic imine (C=N–C) groups is 1. The summed E-state index contributed by atoms with van der Waals surface area (Å²) < 4.78 is 0. The molecule has 0 saturated carbocycles. The lowest BCUT2D eigenvalue weighted by molar-refractivity contribution is 0.965. The smallest absolute Gasteiger partial charge is 0.193 e. The van der Waals surface area contributed by atoms with Crippen LogP contribution in [0.15, 0.2) is 58.9 Å². The Labute approximate surface area is 152 Å². The van der Waals surface area contributed by atoms with Gasteiger partial charge >= 0.3 is 0 Å². The van der Waals surface area contributed by atoms with Gasteiger partial charge in [0.15, 0.2) is 5.96 Å². The maximum atomic E-state index is 5.95. The van der Waals surface area contributed by atoms with Crippen LogP contribution in [-0.4, -0.2) is 17.5 Å². The molecule has 3 rings (SSSR count). The summed E-state index contributed by atoms with van der Waals surface area (Å²) in [4.78, 5) is 8.91. The lowest BCUT2D eigenvalue weighted by atomic mass is 10.1. The summed E-state index contributed by atoms with van der Waals surface area (Å²) in [6.45, 7) is 4.73. The average Bonchev–Trinajstić information content (AvgIpc) is 3.02. The second-order valence-electron chi connectivity index (χ2n) is 5.96. The first kappa shape index (κ1) is 17.2. The number of aryl methyl sites for hydroxylation is 2. The van der Waals surface area contributed by atoms with Crippen molar-refractivity contribution in [3.05, 3.63) is 70.0 Å². The molecule has 128 valence electrons. The first-order valence-electron chi connectivity index (χ1n) is 8.25. The van der Waals surface area contributed by atoms with E-state index in [1.165, 1.54) is 11.1 Å². The highest BCUT2D eigenvalue weighted by molar-refractivity contribution is 7.09. The first-order chi connectivity index (χ1) is 12.1. The predicted octanol–water partition coefficient (Wildman–Crippen LogP) is 4.40. The molecule has 0 aliphatic heterocycles. The fraction of sp³-hybridized carbons (Fsp3) is 0.200. The van der Waals surface area contributed by atoms with Crippen LogP contribution in [0.3, 0.4) is 0 Å². The number of nitrogens with one attached hydrogen (secondary N) is 1. The summed E-state index contributed by atoms with van der Waals surface area (Å²) in [5.41, 5.74) is 11.5. The largest absolute Gasteiger partial charge is 0.370 e. The highest BCUT2D eigenvalue weighted by Gasteiger charge is 2.02. The number of hydrogen-bond acceptors (Lipinski definition) is 3. The molecule has 25 heavy (non-hydrogen) atoms. The number of hydrogen-bond donors (Lipinski definition) is 2. The van der Waals surface area contributed by atoms with Crippen LogP contribution >= 0.6 is 11.3 Å². The maximum absolute atomic E-state index is 5.95. The van der Waals surface area contributed by atoms with E-state index in [1.54, 1.807) is 11.3 Å². The van der Waals surface area contributed by atoms with E-state index in [0.29, 0.717) is 12.5 Å². The second-order valence-corrected chi connectivity index (χ2v) is 7.02. The van der Waals surface area contributed by atoms with Gasteiger partial charge in [0, 0.05) is 23.2 Å². The summed E-state index contributed by atoms with van der Waals surface area (Å²) >= 11 is 1.67. The van der Waals surface area contributed by atoms with Gasteiger partial charge in [-0.05, 0) is 43.5 Å². The molecule has 5 heteroatoms. The predicted molar refractivity (Wildman–Crippen MR) is 107 cm³/mol. The van der Waals surface area contributed by atoms with Crippen molar-refractivity contribution >= 4 is 23.0 Å². The van der Waals surface area contributed by atoms with E-state index in [0.717, 1.165) is 28.4 Å². The van der Waals surface area contributed by atoms with Crippen molar-refractivity contribution in [1.29, 1.82) is 0 Å². The van der Waals surface area contributed by atoms with Crippen molar-refractivity contribution in [2.75, 3.05) is 11.9 Å². The van der Waals surface area contributed by atoms with Crippen LogP contribution in [0.4, 0.5) is 5.69 Å². The molecule has 0 atom stereocenters. The Bertz CT molecular complexity index is 865. The van der Waals surface area contributed by atoms with Crippen LogP contribution in [0.2, 0.25) is 0 Å². The second kappa shape index (κ2) is 7.94. The van der Waals surface area contributed by atoms with Gasteiger partial charge in [0.25, 0.3) is 0 Å². The van der Waals surface area contributed by atoms with E-state index in [4.69, 9.17) is 5.73 Å². The molecule has 3 aromatic rings. The number of rotatable bonds is 5. The molecule has 0 spiro atoms. The van der Waals surface area contributed by atoms with Gasteiger partial charge in [0.2, 0.25) is 0 Å². The minimum atomic E-state index is 0.445. The Morgan fingerprint density at radius 3 is 2.64 bits per heavy atom. The van der Waals surface area contributed by atoms with Crippen molar-refractivity contribution in [3.8, 4) is 11.3 Å². The minimum absolute atomic E-state index is 0.445. The highest BCUT2D eigenvalue weighted by atomic mass is 32.1. The Hall–Kier alpha value is -2.66. The quantitative estimate of drug-likeness (QED) is 0.530. The van der Waals surface area contributed by atoms with Gasteiger partial charge in [-0.1, -0.05) is 36.4 Å². The summed E-state index contributed by atoms with van der Waals surface area (Å²) in [5.74, 6) is 0.445. The monoisotopic (exact) mass is 350 g/mol. The maximum Gasteiger partial charge on any atom is 0.193 e. The molecule has 1 aromatic heterocycles. The minimum Gasteiger partial charge on any atom is -0.370 e. The number of nitrogens with two attached hydrogens (primary N) is 1. The topological polar surface area (TPSA) is 63.3 Å². The molecular weight excluding hydrogens is 328 g/mol.